The Morgan fingerprint density at radius 2 is 1.57 bits per heavy atom. The number of rotatable bonds is 4. The molecule has 218 valence electrons. The first kappa shape index (κ1) is 30.3. The number of likely N-dealkylation sites (N-methyl/N-ethyl adjacent to an activating group) is 2. The van der Waals surface area contributed by atoms with Gasteiger partial charge in [-0.2, -0.15) is 0 Å². The summed E-state index contributed by atoms with van der Waals surface area (Å²) >= 11 is 5.96. The highest BCUT2D eigenvalue weighted by atomic mass is 35.5. The average Bonchev–Trinajstić information content (AvgIpc) is 3.28. The summed E-state index contributed by atoms with van der Waals surface area (Å²) in [6, 6.07) is 17.9. The van der Waals surface area contributed by atoms with Crippen LogP contribution < -0.4 is 9.80 Å². The first-order chi connectivity index (χ1) is 19.6. The van der Waals surface area contributed by atoms with Crippen LogP contribution in [0.1, 0.15) is 64.5 Å². The fourth-order valence-corrected chi connectivity index (χ4v) is 7.81. The standard InChI is InChI=1S/C38H42N2S.ClH/c1-37(2)29-17-8-10-19-31(29)39(5)34(37)24-22-26-14-13-15-27(36(26)28-16-7-12-21-33(28)41)23-25-35-38(3,4)30-18-9-11-20-32(30)40(35)6;/h7-12,16-20,22-25,34H,13-15,21H2,1-6H3;1H. The summed E-state index contributed by atoms with van der Waals surface area (Å²) in [6.07, 6.45) is 20.4. The second kappa shape index (κ2) is 11.5. The predicted octanol–water partition coefficient (Wildman–Crippen LogP) is 9.74. The van der Waals surface area contributed by atoms with Gasteiger partial charge in [0.15, 0.2) is 0 Å². The van der Waals surface area contributed by atoms with Crippen molar-refractivity contribution in [1.82, 2.24) is 0 Å². The molecule has 0 saturated carbocycles. The molecule has 2 heterocycles. The van der Waals surface area contributed by atoms with Crippen molar-refractivity contribution in [2.24, 2.45) is 0 Å². The maximum atomic E-state index is 5.96. The third-order valence-corrected chi connectivity index (χ3v) is 10.2. The van der Waals surface area contributed by atoms with Gasteiger partial charge in [-0.1, -0.05) is 113 Å². The second-order valence-corrected chi connectivity index (χ2v) is 13.5. The van der Waals surface area contributed by atoms with Crippen molar-refractivity contribution in [2.45, 2.75) is 70.3 Å². The molecule has 42 heavy (non-hydrogen) atoms. The largest absolute Gasteiger partial charge is 0.367 e. The lowest BCUT2D eigenvalue weighted by Crippen LogP contribution is -2.37. The number of thiocarbonyl (C=S) groups is 1. The van der Waals surface area contributed by atoms with Gasteiger partial charge in [-0.05, 0) is 70.9 Å². The SMILES string of the molecule is CN1C(=CC=C2CCCC(C=CC3N(C)c4ccccc4C3(C)C)=C2C2=CC=CCC2=S)C(C)(C)c2ccccc21.Cl. The molecule has 2 aromatic carbocycles. The van der Waals surface area contributed by atoms with Gasteiger partial charge in [-0.15, -0.1) is 12.4 Å². The fourth-order valence-electron chi connectivity index (χ4n) is 7.55. The molecule has 0 N–H and O–H groups in total. The molecule has 6 rings (SSSR count). The minimum absolute atomic E-state index is 0. The second-order valence-electron chi connectivity index (χ2n) is 13.0. The molecule has 4 aliphatic rings. The van der Waals surface area contributed by atoms with Crippen molar-refractivity contribution in [3.63, 3.8) is 0 Å². The van der Waals surface area contributed by atoms with Crippen LogP contribution in [0.5, 0.6) is 0 Å². The summed E-state index contributed by atoms with van der Waals surface area (Å²) in [7, 11) is 4.43. The van der Waals surface area contributed by atoms with Crippen LogP contribution >= 0.6 is 24.6 Å². The minimum atomic E-state index is -0.0422. The number of anilines is 2. The molecule has 0 amide bonds. The minimum Gasteiger partial charge on any atom is -0.367 e. The van der Waals surface area contributed by atoms with E-state index in [4.69, 9.17) is 12.2 Å². The molecular formula is C38H43ClN2S. The summed E-state index contributed by atoms with van der Waals surface area (Å²) in [5, 5.41) is 0. The lowest BCUT2D eigenvalue weighted by atomic mass is 9.78. The number of benzene rings is 2. The summed E-state index contributed by atoms with van der Waals surface area (Å²) in [6.45, 7) is 9.43. The van der Waals surface area contributed by atoms with Gasteiger partial charge in [0.25, 0.3) is 0 Å². The highest BCUT2D eigenvalue weighted by Crippen LogP contribution is 2.48. The van der Waals surface area contributed by atoms with Crippen molar-refractivity contribution in [3.8, 4) is 0 Å². The van der Waals surface area contributed by atoms with Crippen LogP contribution in [0.25, 0.3) is 0 Å². The number of fused-ring (bicyclic) bond motifs is 2. The highest BCUT2D eigenvalue weighted by Gasteiger charge is 2.41. The average molecular weight is 595 g/mol. The van der Waals surface area contributed by atoms with E-state index in [0.717, 1.165) is 30.5 Å². The van der Waals surface area contributed by atoms with Crippen LogP contribution in [-0.4, -0.2) is 25.0 Å². The number of halogens is 1. The zero-order valence-electron chi connectivity index (χ0n) is 25.8. The lowest BCUT2D eigenvalue weighted by molar-refractivity contribution is 0.487. The van der Waals surface area contributed by atoms with Gasteiger partial charge in [-0.25, -0.2) is 0 Å². The number of allylic oxidation sites excluding steroid dienone is 11. The van der Waals surface area contributed by atoms with Gasteiger partial charge in [-0.3, -0.25) is 0 Å². The molecule has 1 unspecified atom stereocenters. The maximum Gasteiger partial charge on any atom is 0.0565 e. The zero-order valence-corrected chi connectivity index (χ0v) is 27.4. The van der Waals surface area contributed by atoms with E-state index in [1.54, 1.807) is 0 Å². The fraction of sp³-hybridized carbons (Fsp3) is 0.342. The Morgan fingerprint density at radius 1 is 0.881 bits per heavy atom. The molecule has 2 aromatic rings. The Morgan fingerprint density at radius 3 is 2.26 bits per heavy atom. The van der Waals surface area contributed by atoms with Gasteiger partial charge in [0.1, 0.15) is 0 Å². The number of hydrogen-bond donors (Lipinski definition) is 0. The van der Waals surface area contributed by atoms with E-state index < -0.39 is 0 Å². The molecule has 2 aliphatic heterocycles. The van der Waals surface area contributed by atoms with Crippen molar-refractivity contribution in [3.05, 3.63) is 130 Å². The van der Waals surface area contributed by atoms with Gasteiger partial charge in [0, 0.05) is 53.3 Å². The summed E-state index contributed by atoms with van der Waals surface area (Å²) in [5.74, 6) is 0. The van der Waals surface area contributed by atoms with E-state index in [2.05, 4.69) is 143 Å². The zero-order chi connectivity index (χ0) is 28.9. The first-order valence-electron chi connectivity index (χ1n) is 15.0. The monoisotopic (exact) mass is 594 g/mol. The van der Waals surface area contributed by atoms with Crippen LogP contribution in [0.4, 0.5) is 11.4 Å². The maximum absolute atomic E-state index is 5.96. The number of nitrogens with zero attached hydrogens (tertiary/aromatic N) is 2. The lowest BCUT2D eigenvalue weighted by Gasteiger charge is -2.30. The van der Waals surface area contributed by atoms with Gasteiger partial charge in [0.2, 0.25) is 0 Å². The molecule has 0 aromatic heterocycles. The van der Waals surface area contributed by atoms with Crippen molar-refractivity contribution in [1.29, 1.82) is 0 Å². The first-order valence-corrected chi connectivity index (χ1v) is 15.4. The third-order valence-electron chi connectivity index (χ3n) is 9.80. The van der Waals surface area contributed by atoms with Crippen LogP contribution in [0.3, 0.4) is 0 Å². The van der Waals surface area contributed by atoms with E-state index in [1.165, 1.54) is 50.5 Å². The Balaban J connectivity index is 0.00000353. The Kier molecular flexibility index (Phi) is 8.31. The molecule has 4 heteroatoms. The summed E-state index contributed by atoms with van der Waals surface area (Å²) in [4.78, 5) is 5.85. The van der Waals surface area contributed by atoms with Gasteiger partial charge >= 0.3 is 0 Å². The highest BCUT2D eigenvalue weighted by molar-refractivity contribution is 7.80. The van der Waals surface area contributed by atoms with E-state index in [9.17, 15) is 0 Å². The van der Waals surface area contributed by atoms with Gasteiger partial charge in [0.05, 0.1) is 6.04 Å². The molecule has 2 nitrogen and oxygen atoms in total. The van der Waals surface area contributed by atoms with Crippen LogP contribution in [0.2, 0.25) is 0 Å². The van der Waals surface area contributed by atoms with Crippen LogP contribution in [0.15, 0.2) is 119 Å². The molecule has 2 aliphatic carbocycles. The molecule has 0 radical (unpaired) electrons. The van der Waals surface area contributed by atoms with E-state index in [0.29, 0.717) is 6.04 Å². The van der Waals surface area contributed by atoms with Gasteiger partial charge < -0.3 is 9.80 Å². The summed E-state index contributed by atoms with van der Waals surface area (Å²) in [5.41, 5.74) is 12.2. The topological polar surface area (TPSA) is 6.48 Å². The molecule has 0 fully saturated rings. The van der Waals surface area contributed by atoms with E-state index >= 15 is 0 Å². The molecule has 0 spiro atoms. The number of para-hydroxylation sites is 2. The van der Waals surface area contributed by atoms with E-state index in [1.807, 2.05) is 0 Å². The molecular weight excluding hydrogens is 552 g/mol. The molecule has 0 saturated heterocycles. The Hall–Kier alpha value is -3.14. The normalized spacial score (nSPS) is 24.4. The van der Waals surface area contributed by atoms with E-state index in [-0.39, 0.29) is 23.2 Å². The van der Waals surface area contributed by atoms with Crippen LogP contribution in [-0.2, 0) is 10.8 Å². The van der Waals surface area contributed by atoms with Crippen LogP contribution in [0, 0.1) is 0 Å². The molecule has 1 atom stereocenters. The van der Waals surface area contributed by atoms with Crippen molar-refractivity contribution >= 4 is 40.9 Å². The predicted molar refractivity (Wildman–Crippen MR) is 187 cm³/mol. The smallest absolute Gasteiger partial charge is 0.0565 e. The Labute approximate surface area is 264 Å². The quantitative estimate of drug-likeness (QED) is 0.325. The Bertz CT molecular complexity index is 1600. The van der Waals surface area contributed by atoms with Crippen molar-refractivity contribution in [2.75, 3.05) is 23.9 Å². The number of hydrogen-bond acceptors (Lipinski definition) is 3. The van der Waals surface area contributed by atoms with Crippen molar-refractivity contribution < 1.29 is 0 Å². The molecule has 0 bridgehead atoms. The third kappa shape index (κ3) is 4.95. The summed E-state index contributed by atoms with van der Waals surface area (Å²) < 4.78 is 0.